The van der Waals surface area contributed by atoms with Gasteiger partial charge in [-0.2, -0.15) is 0 Å². The molecule has 0 aromatic carbocycles. The molecular formula is C7H17N2P. The molecule has 0 aromatic rings. The number of nitrogens with zero attached hydrogens (tertiary/aromatic N) is 1. The highest BCUT2D eigenvalue weighted by Crippen LogP contribution is 2.12. The van der Waals surface area contributed by atoms with Gasteiger partial charge >= 0.3 is 0 Å². The summed E-state index contributed by atoms with van der Waals surface area (Å²) in [5, 5.41) is 3.33. The fourth-order valence-corrected chi connectivity index (χ4v) is 1.74. The lowest BCUT2D eigenvalue weighted by Gasteiger charge is -2.13. The minimum Gasteiger partial charge on any atom is -0.317 e. The monoisotopic (exact) mass is 160 g/mol. The summed E-state index contributed by atoms with van der Waals surface area (Å²) in [6.07, 6.45) is 3.95. The van der Waals surface area contributed by atoms with Crippen molar-refractivity contribution in [2.24, 2.45) is 0 Å². The highest BCUT2D eigenvalue weighted by molar-refractivity contribution is 7.13. The molecule has 1 aliphatic heterocycles. The van der Waals surface area contributed by atoms with E-state index in [0.717, 1.165) is 6.04 Å². The predicted molar refractivity (Wildman–Crippen MR) is 48.0 cm³/mol. The van der Waals surface area contributed by atoms with Crippen molar-refractivity contribution in [2.45, 2.75) is 25.3 Å². The molecule has 2 atom stereocenters. The molecule has 2 unspecified atom stereocenters. The van der Waals surface area contributed by atoms with E-state index in [1.54, 1.807) is 0 Å². The normalized spacial score (nSPS) is 30.0. The number of nitrogens with one attached hydrogen (secondary N) is 1. The third kappa shape index (κ3) is 2.53. The van der Waals surface area contributed by atoms with Gasteiger partial charge in [0.2, 0.25) is 0 Å². The predicted octanol–water partition coefficient (Wildman–Crippen LogP) is 0.850. The van der Waals surface area contributed by atoms with E-state index in [4.69, 9.17) is 0 Å². The zero-order valence-corrected chi connectivity index (χ0v) is 7.79. The molecule has 0 radical (unpaired) electrons. The van der Waals surface area contributed by atoms with Crippen LogP contribution in [0.15, 0.2) is 0 Å². The third-order valence-electron chi connectivity index (χ3n) is 2.17. The Hall–Kier alpha value is 0.350. The minimum absolute atomic E-state index is 0.755. The van der Waals surface area contributed by atoms with Gasteiger partial charge in [-0.1, -0.05) is 9.39 Å². The van der Waals surface area contributed by atoms with E-state index < -0.39 is 0 Å². The molecule has 0 bridgehead atoms. The lowest BCUT2D eigenvalue weighted by molar-refractivity contribution is 0.470. The van der Waals surface area contributed by atoms with Crippen LogP contribution in [-0.4, -0.2) is 30.8 Å². The van der Waals surface area contributed by atoms with Crippen molar-refractivity contribution in [3.63, 3.8) is 0 Å². The molecule has 1 N–H and O–H groups in total. The van der Waals surface area contributed by atoms with Crippen LogP contribution in [-0.2, 0) is 0 Å². The zero-order valence-electron chi connectivity index (χ0n) is 6.64. The van der Waals surface area contributed by atoms with Gasteiger partial charge in [0.25, 0.3) is 0 Å². The summed E-state index contributed by atoms with van der Waals surface area (Å²) in [5.41, 5.74) is 0. The minimum atomic E-state index is 0.755. The zero-order chi connectivity index (χ0) is 7.40. The molecule has 3 heteroatoms. The molecule has 1 heterocycles. The first-order valence-corrected chi connectivity index (χ1v) is 4.51. The van der Waals surface area contributed by atoms with Gasteiger partial charge in [0, 0.05) is 19.1 Å². The van der Waals surface area contributed by atoms with Crippen LogP contribution in [0.4, 0.5) is 0 Å². The van der Waals surface area contributed by atoms with Gasteiger partial charge in [0.1, 0.15) is 0 Å². The maximum Gasteiger partial charge on any atom is 0.00768 e. The van der Waals surface area contributed by atoms with Crippen molar-refractivity contribution >= 4 is 9.39 Å². The van der Waals surface area contributed by atoms with Crippen LogP contribution >= 0.6 is 9.39 Å². The summed E-state index contributed by atoms with van der Waals surface area (Å²) < 4.78 is 2.33. The van der Waals surface area contributed by atoms with Crippen LogP contribution in [0.1, 0.15) is 19.3 Å². The fourth-order valence-electron chi connectivity index (χ4n) is 1.41. The van der Waals surface area contributed by atoms with E-state index in [1.165, 1.54) is 32.4 Å². The Balaban J connectivity index is 2.26. The first kappa shape index (κ1) is 8.45. The topological polar surface area (TPSA) is 15.3 Å². The molecule has 60 valence electrons. The van der Waals surface area contributed by atoms with Crippen LogP contribution in [0.5, 0.6) is 0 Å². The summed E-state index contributed by atoms with van der Waals surface area (Å²) in [6.45, 7) is 2.46. The van der Waals surface area contributed by atoms with Gasteiger partial charge in [0.05, 0.1) is 0 Å². The highest BCUT2D eigenvalue weighted by Gasteiger charge is 2.11. The molecule has 1 saturated heterocycles. The Bertz CT molecular complexity index is 97.6. The molecule has 0 aromatic heterocycles. The van der Waals surface area contributed by atoms with Crippen molar-refractivity contribution in [3.8, 4) is 0 Å². The van der Waals surface area contributed by atoms with Crippen LogP contribution in [0.2, 0.25) is 0 Å². The number of rotatable bonds is 1. The van der Waals surface area contributed by atoms with Crippen LogP contribution in [0, 0.1) is 0 Å². The molecule has 1 rings (SSSR count). The van der Waals surface area contributed by atoms with E-state index in [2.05, 4.69) is 26.4 Å². The Kier molecular flexibility index (Phi) is 3.61. The molecule has 1 fully saturated rings. The Morgan fingerprint density at radius 3 is 2.90 bits per heavy atom. The van der Waals surface area contributed by atoms with Crippen LogP contribution in [0.3, 0.4) is 0 Å². The Morgan fingerprint density at radius 2 is 2.20 bits per heavy atom. The number of hydrogen-bond acceptors (Lipinski definition) is 2. The van der Waals surface area contributed by atoms with Crippen molar-refractivity contribution in [2.75, 3.05) is 20.1 Å². The van der Waals surface area contributed by atoms with Gasteiger partial charge in [-0.05, 0) is 26.3 Å². The summed E-state index contributed by atoms with van der Waals surface area (Å²) in [6, 6.07) is 0.755. The van der Waals surface area contributed by atoms with Gasteiger partial charge in [-0.15, -0.1) is 0 Å². The van der Waals surface area contributed by atoms with Gasteiger partial charge in [-0.3, -0.25) is 4.67 Å². The molecule has 0 spiro atoms. The van der Waals surface area contributed by atoms with Crippen molar-refractivity contribution in [1.82, 2.24) is 9.99 Å². The summed E-state index contributed by atoms with van der Waals surface area (Å²) in [4.78, 5) is 0. The fraction of sp³-hybridized carbons (Fsp3) is 1.00. The number of hydrogen-bond donors (Lipinski definition) is 1. The van der Waals surface area contributed by atoms with E-state index in [1.807, 2.05) is 0 Å². The molecule has 0 aliphatic carbocycles. The third-order valence-corrected chi connectivity index (χ3v) is 2.69. The van der Waals surface area contributed by atoms with Crippen molar-refractivity contribution < 1.29 is 0 Å². The van der Waals surface area contributed by atoms with E-state index in [-0.39, 0.29) is 0 Å². The second-order valence-electron chi connectivity index (χ2n) is 2.95. The van der Waals surface area contributed by atoms with Gasteiger partial charge in [0.15, 0.2) is 0 Å². The van der Waals surface area contributed by atoms with Gasteiger partial charge < -0.3 is 5.32 Å². The van der Waals surface area contributed by atoms with Crippen molar-refractivity contribution in [1.29, 1.82) is 0 Å². The van der Waals surface area contributed by atoms with Crippen molar-refractivity contribution in [3.05, 3.63) is 0 Å². The SMILES string of the molecule is CNC1CCCN(P)CC1. The second kappa shape index (κ2) is 4.27. The summed E-state index contributed by atoms with van der Waals surface area (Å²) in [7, 11) is 4.84. The first-order valence-electron chi connectivity index (χ1n) is 4.00. The summed E-state index contributed by atoms with van der Waals surface area (Å²) >= 11 is 0. The van der Waals surface area contributed by atoms with E-state index in [0.29, 0.717) is 0 Å². The maximum absolute atomic E-state index is 3.33. The molecule has 10 heavy (non-hydrogen) atoms. The average Bonchev–Trinajstić information content (AvgIpc) is 2.14. The molecule has 0 saturated carbocycles. The molecular weight excluding hydrogens is 143 g/mol. The highest BCUT2D eigenvalue weighted by atomic mass is 31.0. The smallest absolute Gasteiger partial charge is 0.00768 e. The summed E-state index contributed by atoms with van der Waals surface area (Å²) in [5.74, 6) is 0. The van der Waals surface area contributed by atoms with Crippen LogP contribution in [0.25, 0.3) is 0 Å². The molecule has 1 aliphatic rings. The lowest BCUT2D eigenvalue weighted by atomic mass is 10.1. The van der Waals surface area contributed by atoms with Gasteiger partial charge in [-0.25, -0.2) is 0 Å². The average molecular weight is 160 g/mol. The Morgan fingerprint density at radius 1 is 1.40 bits per heavy atom. The molecule has 2 nitrogen and oxygen atoms in total. The van der Waals surface area contributed by atoms with E-state index >= 15 is 0 Å². The largest absolute Gasteiger partial charge is 0.317 e. The maximum atomic E-state index is 3.33. The van der Waals surface area contributed by atoms with Crippen LogP contribution < -0.4 is 5.32 Å². The lowest BCUT2D eigenvalue weighted by Crippen LogP contribution is -2.25. The second-order valence-corrected chi connectivity index (χ2v) is 3.68. The molecule has 0 amide bonds. The Labute approximate surface area is 65.6 Å². The van der Waals surface area contributed by atoms with E-state index in [9.17, 15) is 0 Å². The standard InChI is InChI=1S/C7H17N2P/c1-8-7-3-2-5-9(10)6-4-7/h7-8H,2-6,10H2,1H3. The first-order chi connectivity index (χ1) is 4.83. The quantitative estimate of drug-likeness (QED) is 0.572.